The molecule has 0 radical (unpaired) electrons. The molecule has 0 saturated carbocycles. The Hall–Kier alpha value is -2.10. The van der Waals surface area contributed by atoms with Gasteiger partial charge in [-0.25, -0.2) is 0 Å². The Morgan fingerprint density at radius 2 is 1.96 bits per heavy atom. The van der Waals surface area contributed by atoms with Crippen LogP contribution in [0.3, 0.4) is 0 Å². The molecule has 1 N–H and O–H groups in total. The van der Waals surface area contributed by atoms with Crippen LogP contribution in [0.2, 0.25) is 0 Å². The van der Waals surface area contributed by atoms with Gasteiger partial charge in [0, 0.05) is 0 Å². The second-order valence-electron chi connectivity index (χ2n) is 6.41. The van der Waals surface area contributed by atoms with Crippen molar-refractivity contribution in [3.8, 4) is 0 Å². The third-order valence-electron chi connectivity index (χ3n) is 4.70. The van der Waals surface area contributed by atoms with Gasteiger partial charge >= 0.3 is 11.9 Å². The maximum atomic E-state index is 11.7. The van der Waals surface area contributed by atoms with Crippen LogP contribution in [0, 0.1) is 5.92 Å². The topological polar surface area (TPSA) is 63.6 Å². The van der Waals surface area contributed by atoms with E-state index in [9.17, 15) is 14.7 Å². The van der Waals surface area contributed by atoms with E-state index in [0.29, 0.717) is 12.8 Å². The normalized spacial score (nSPS) is 15.5. The number of esters is 1. The van der Waals surface area contributed by atoms with Gasteiger partial charge in [0.15, 0.2) is 0 Å². The van der Waals surface area contributed by atoms with Gasteiger partial charge < -0.3 is 9.84 Å². The van der Waals surface area contributed by atoms with Crippen molar-refractivity contribution in [3.05, 3.63) is 47.0 Å². The summed E-state index contributed by atoms with van der Waals surface area (Å²) in [6, 6.07) is 7.53. The van der Waals surface area contributed by atoms with Crippen molar-refractivity contribution in [2.24, 2.45) is 5.92 Å². The predicted molar refractivity (Wildman–Crippen MR) is 92.8 cm³/mol. The largest absolute Gasteiger partial charge is 0.481 e. The van der Waals surface area contributed by atoms with Crippen molar-refractivity contribution in [2.45, 2.75) is 51.4 Å². The smallest absolute Gasteiger partial charge is 0.309 e. The fourth-order valence-corrected chi connectivity index (χ4v) is 3.23. The monoisotopic (exact) mass is 330 g/mol. The van der Waals surface area contributed by atoms with E-state index < -0.39 is 11.9 Å². The van der Waals surface area contributed by atoms with Crippen molar-refractivity contribution >= 4 is 11.9 Å². The number of carboxylic acids is 1. The van der Waals surface area contributed by atoms with E-state index in [0.717, 1.165) is 30.4 Å². The molecule has 0 aliphatic heterocycles. The Morgan fingerprint density at radius 3 is 2.58 bits per heavy atom. The molecule has 4 nitrogen and oxygen atoms in total. The zero-order chi connectivity index (χ0) is 17.4. The molecule has 24 heavy (non-hydrogen) atoms. The van der Waals surface area contributed by atoms with E-state index in [2.05, 4.69) is 6.08 Å². The summed E-state index contributed by atoms with van der Waals surface area (Å²) in [6.07, 6.45) is 9.09. The lowest BCUT2D eigenvalue weighted by molar-refractivity contribution is -0.142. The first kappa shape index (κ1) is 18.2. The van der Waals surface area contributed by atoms with Crippen molar-refractivity contribution < 1.29 is 19.4 Å². The summed E-state index contributed by atoms with van der Waals surface area (Å²) in [7, 11) is 1.36. The second kappa shape index (κ2) is 9.26. The highest BCUT2D eigenvalue weighted by atomic mass is 16.5. The molecule has 1 aliphatic carbocycles. The molecule has 0 fully saturated rings. The van der Waals surface area contributed by atoms with Crippen molar-refractivity contribution in [1.82, 2.24) is 0 Å². The van der Waals surface area contributed by atoms with E-state index in [1.807, 2.05) is 24.3 Å². The van der Waals surface area contributed by atoms with Crippen LogP contribution >= 0.6 is 0 Å². The van der Waals surface area contributed by atoms with Gasteiger partial charge in [-0.2, -0.15) is 0 Å². The highest BCUT2D eigenvalue weighted by Crippen LogP contribution is 2.25. The number of ether oxygens (including phenoxy) is 1. The van der Waals surface area contributed by atoms with Gasteiger partial charge in [0.05, 0.1) is 19.4 Å². The second-order valence-corrected chi connectivity index (χ2v) is 6.41. The molecular weight excluding hydrogens is 304 g/mol. The van der Waals surface area contributed by atoms with E-state index in [-0.39, 0.29) is 12.4 Å². The van der Waals surface area contributed by atoms with Gasteiger partial charge in [0.25, 0.3) is 0 Å². The maximum Gasteiger partial charge on any atom is 0.309 e. The highest BCUT2D eigenvalue weighted by molar-refractivity contribution is 5.73. The first-order valence-corrected chi connectivity index (χ1v) is 8.64. The van der Waals surface area contributed by atoms with Crippen LogP contribution in [0.5, 0.6) is 0 Å². The summed E-state index contributed by atoms with van der Waals surface area (Å²) >= 11 is 0. The number of carboxylic acid groups (broad SMARTS) is 1. The Labute approximate surface area is 143 Å². The van der Waals surface area contributed by atoms with Crippen molar-refractivity contribution in [1.29, 1.82) is 0 Å². The molecular formula is C20H26O4. The van der Waals surface area contributed by atoms with Crippen LogP contribution in [0.4, 0.5) is 0 Å². The Kier molecular flexibility index (Phi) is 7.04. The first-order chi connectivity index (χ1) is 11.6. The zero-order valence-electron chi connectivity index (χ0n) is 14.3. The number of methoxy groups -OCH3 is 1. The summed E-state index contributed by atoms with van der Waals surface area (Å²) in [5, 5.41) is 9.57. The number of aliphatic carboxylic acids is 1. The highest BCUT2D eigenvalue weighted by Gasteiger charge is 2.20. The summed E-state index contributed by atoms with van der Waals surface area (Å²) in [5.74, 6) is -1.49. The fourth-order valence-electron chi connectivity index (χ4n) is 3.23. The molecule has 1 aromatic rings. The number of hydrogen-bond donors (Lipinski definition) is 1. The number of hydrogen-bond acceptors (Lipinski definition) is 3. The lowest BCUT2D eigenvalue weighted by Gasteiger charge is -2.17. The molecule has 0 amide bonds. The molecule has 0 aromatic heterocycles. The van der Waals surface area contributed by atoms with Crippen LogP contribution < -0.4 is 0 Å². The number of carbonyl (C=O) groups excluding carboxylic acids is 1. The quantitative estimate of drug-likeness (QED) is 0.579. The third-order valence-corrected chi connectivity index (χ3v) is 4.70. The van der Waals surface area contributed by atoms with Gasteiger partial charge in [-0.1, -0.05) is 35.9 Å². The number of rotatable bonds is 8. The standard InChI is InChI=1S/C20H26O4/c1-24-19(21)14-17-10-6-5-9-16(17)13-18(20(22)23)12-11-15-7-3-2-4-8-15/h5-7,9-10,18H,2-4,8,11-14H2,1H3,(H,22,23). The average Bonchev–Trinajstić information content (AvgIpc) is 2.60. The van der Waals surface area contributed by atoms with Crippen LogP contribution in [0.25, 0.3) is 0 Å². The van der Waals surface area contributed by atoms with E-state index in [4.69, 9.17) is 4.74 Å². The van der Waals surface area contributed by atoms with Gasteiger partial charge in [0.2, 0.25) is 0 Å². The Bertz CT molecular complexity index is 603. The van der Waals surface area contributed by atoms with Gasteiger partial charge in [-0.15, -0.1) is 0 Å². The van der Waals surface area contributed by atoms with E-state index >= 15 is 0 Å². The lowest BCUT2D eigenvalue weighted by atomic mass is 9.88. The molecule has 2 rings (SSSR count). The number of allylic oxidation sites excluding steroid dienone is 2. The fraction of sp³-hybridized carbons (Fsp3) is 0.500. The molecule has 1 aliphatic rings. The maximum absolute atomic E-state index is 11.7. The molecule has 0 heterocycles. The molecule has 1 unspecified atom stereocenters. The van der Waals surface area contributed by atoms with Crippen LogP contribution in [0.15, 0.2) is 35.9 Å². The number of carbonyl (C=O) groups is 2. The Morgan fingerprint density at radius 1 is 1.21 bits per heavy atom. The number of benzene rings is 1. The SMILES string of the molecule is COC(=O)Cc1ccccc1CC(CCC1=CCCCC1)C(=O)O. The minimum absolute atomic E-state index is 0.185. The van der Waals surface area contributed by atoms with Gasteiger partial charge in [-0.3, -0.25) is 9.59 Å². The zero-order valence-corrected chi connectivity index (χ0v) is 14.3. The van der Waals surface area contributed by atoms with Crippen LogP contribution in [-0.4, -0.2) is 24.2 Å². The molecule has 0 saturated heterocycles. The average molecular weight is 330 g/mol. The van der Waals surface area contributed by atoms with E-state index in [1.54, 1.807) is 0 Å². The van der Waals surface area contributed by atoms with Gasteiger partial charge in [0.1, 0.15) is 0 Å². The van der Waals surface area contributed by atoms with Gasteiger partial charge in [-0.05, 0) is 56.1 Å². The predicted octanol–water partition coefficient (Wildman–Crippen LogP) is 3.93. The minimum atomic E-state index is -0.765. The lowest BCUT2D eigenvalue weighted by Crippen LogP contribution is -2.18. The van der Waals surface area contributed by atoms with E-state index in [1.165, 1.54) is 25.5 Å². The minimum Gasteiger partial charge on any atom is -0.481 e. The third kappa shape index (κ3) is 5.52. The summed E-state index contributed by atoms with van der Waals surface area (Å²) in [6.45, 7) is 0. The van der Waals surface area contributed by atoms with Crippen molar-refractivity contribution in [3.63, 3.8) is 0 Å². The summed E-state index contributed by atoms with van der Waals surface area (Å²) in [5.41, 5.74) is 3.18. The van der Waals surface area contributed by atoms with Crippen LogP contribution in [-0.2, 0) is 27.2 Å². The molecule has 4 heteroatoms. The Balaban J connectivity index is 2.03. The molecule has 1 aromatic carbocycles. The van der Waals surface area contributed by atoms with Crippen molar-refractivity contribution in [2.75, 3.05) is 7.11 Å². The molecule has 0 spiro atoms. The molecule has 1 atom stereocenters. The summed E-state index contributed by atoms with van der Waals surface area (Å²) in [4.78, 5) is 23.2. The van der Waals surface area contributed by atoms with Crippen LogP contribution in [0.1, 0.15) is 49.7 Å². The molecule has 130 valence electrons. The molecule has 0 bridgehead atoms. The summed E-state index contributed by atoms with van der Waals surface area (Å²) < 4.78 is 4.73. The first-order valence-electron chi connectivity index (χ1n) is 8.64.